The Labute approximate surface area is 89.1 Å². The van der Waals surface area contributed by atoms with Crippen LogP contribution in [0.5, 0.6) is 0 Å². The van der Waals surface area contributed by atoms with E-state index in [9.17, 15) is 0 Å². The van der Waals surface area contributed by atoms with E-state index in [1.165, 1.54) is 45.4 Å². The minimum atomic E-state index is 0.759. The van der Waals surface area contributed by atoms with Crippen molar-refractivity contribution in [3.63, 3.8) is 0 Å². The lowest BCUT2D eigenvalue weighted by Gasteiger charge is -2.31. The van der Waals surface area contributed by atoms with Gasteiger partial charge in [-0.05, 0) is 58.3 Å². The van der Waals surface area contributed by atoms with Crippen LogP contribution in [0.1, 0.15) is 40.0 Å². The van der Waals surface area contributed by atoms with Crippen LogP contribution in [0.4, 0.5) is 0 Å². The van der Waals surface area contributed by atoms with Gasteiger partial charge in [-0.15, -0.1) is 0 Å². The fourth-order valence-corrected chi connectivity index (χ4v) is 2.60. The van der Waals surface area contributed by atoms with Crippen molar-refractivity contribution in [2.75, 3.05) is 26.2 Å². The Kier molecular flexibility index (Phi) is 5.49. The van der Waals surface area contributed by atoms with Gasteiger partial charge in [0.25, 0.3) is 0 Å². The van der Waals surface area contributed by atoms with Crippen LogP contribution in [0, 0.1) is 5.92 Å². The Morgan fingerprint density at radius 2 is 2.07 bits per heavy atom. The summed E-state index contributed by atoms with van der Waals surface area (Å²) in [4.78, 5) is 2.56. The average Bonchev–Trinajstić information content (AvgIpc) is 2.21. The SMILES string of the molecule is CCN(CC)C(C)CC1CCCNC1. The fraction of sp³-hybridized carbons (Fsp3) is 1.00. The zero-order chi connectivity index (χ0) is 10.4. The molecule has 0 radical (unpaired) electrons. The minimum Gasteiger partial charge on any atom is -0.316 e. The van der Waals surface area contributed by atoms with Crippen LogP contribution in [0.25, 0.3) is 0 Å². The molecule has 1 aliphatic heterocycles. The van der Waals surface area contributed by atoms with Crippen molar-refractivity contribution in [2.24, 2.45) is 5.92 Å². The number of nitrogens with zero attached hydrogens (tertiary/aromatic N) is 1. The number of nitrogens with one attached hydrogen (secondary N) is 1. The van der Waals surface area contributed by atoms with Crippen LogP contribution < -0.4 is 5.32 Å². The van der Waals surface area contributed by atoms with Gasteiger partial charge < -0.3 is 10.2 Å². The molecule has 2 heteroatoms. The molecule has 2 unspecified atom stereocenters. The molecule has 0 aromatic heterocycles. The van der Waals surface area contributed by atoms with Gasteiger partial charge in [-0.1, -0.05) is 13.8 Å². The van der Waals surface area contributed by atoms with Crippen LogP contribution in [0.2, 0.25) is 0 Å². The molecule has 0 aromatic carbocycles. The minimum absolute atomic E-state index is 0.759. The van der Waals surface area contributed by atoms with Gasteiger partial charge in [0.15, 0.2) is 0 Å². The molecule has 1 aliphatic rings. The van der Waals surface area contributed by atoms with E-state index in [1.807, 2.05) is 0 Å². The molecule has 0 aliphatic carbocycles. The quantitative estimate of drug-likeness (QED) is 0.728. The van der Waals surface area contributed by atoms with Crippen LogP contribution >= 0.6 is 0 Å². The molecule has 1 saturated heterocycles. The van der Waals surface area contributed by atoms with Crippen molar-refractivity contribution < 1.29 is 0 Å². The summed E-state index contributed by atoms with van der Waals surface area (Å²) in [5.41, 5.74) is 0. The molecule has 1 fully saturated rings. The van der Waals surface area contributed by atoms with Crippen molar-refractivity contribution in [3.8, 4) is 0 Å². The number of hydrogen-bond donors (Lipinski definition) is 1. The van der Waals surface area contributed by atoms with Gasteiger partial charge in [-0.3, -0.25) is 0 Å². The van der Waals surface area contributed by atoms with Gasteiger partial charge in [0.05, 0.1) is 0 Å². The molecule has 14 heavy (non-hydrogen) atoms. The maximum absolute atomic E-state index is 3.50. The standard InChI is InChI=1S/C12H26N2/c1-4-14(5-2)11(3)9-12-7-6-8-13-10-12/h11-13H,4-10H2,1-3H3. The topological polar surface area (TPSA) is 15.3 Å². The van der Waals surface area contributed by atoms with Gasteiger partial charge in [0.2, 0.25) is 0 Å². The molecule has 0 amide bonds. The summed E-state index contributed by atoms with van der Waals surface area (Å²) in [6.07, 6.45) is 4.17. The Morgan fingerprint density at radius 1 is 1.36 bits per heavy atom. The third-order valence-electron chi connectivity index (χ3n) is 3.51. The normalized spacial score (nSPS) is 25.3. The molecule has 0 aromatic rings. The molecule has 0 bridgehead atoms. The Hall–Kier alpha value is -0.0800. The summed E-state index contributed by atoms with van der Waals surface area (Å²) in [7, 11) is 0. The summed E-state index contributed by atoms with van der Waals surface area (Å²) < 4.78 is 0. The second-order valence-electron chi connectivity index (χ2n) is 4.52. The highest BCUT2D eigenvalue weighted by Crippen LogP contribution is 2.18. The number of piperidine rings is 1. The highest BCUT2D eigenvalue weighted by atomic mass is 15.1. The van der Waals surface area contributed by atoms with Crippen LogP contribution in [-0.2, 0) is 0 Å². The first-order valence-corrected chi connectivity index (χ1v) is 6.22. The lowest BCUT2D eigenvalue weighted by molar-refractivity contribution is 0.186. The van der Waals surface area contributed by atoms with Crippen molar-refractivity contribution in [3.05, 3.63) is 0 Å². The van der Waals surface area contributed by atoms with E-state index < -0.39 is 0 Å². The zero-order valence-corrected chi connectivity index (χ0v) is 10.1. The zero-order valence-electron chi connectivity index (χ0n) is 10.1. The van der Waals surface area contributed by atoms with E-state index in [-0.39, 0.29) is 0 Å². The van der Waals surface area contributed by atoms with E-state index in [1.54, 1.807) is 0 Å². The fourth-order valence-electron chi connectivity index (χ4n) is 2.60. The predicted octanol–water partition coefficient (Wildman–Crippen LogP) is 2.11. The molecule has 2 nitrogen and oxygen atoms in total. The van der Waals surface area contributed by atoms with E-state index in [0.717, 1.165) is 12.0 Å². The maximum atomic E-state index is 3.50. The van der Waals surface area contributed by atoms with Gasteiger partial charge in [0.1, 0.15) is 0 Å². The Bertz CT molecular complexity index is 137. The van der Waals surface area contributed by atoms with Crippen molar-refractivity contribution in [2.45, 2.75) is 46.1 Å². The molecule has 84 valence electrons. The second kappa shape index (κ2) is 6.41. The number of hydrogen-bond acceptors (Lipinski definition) is 2. The summed E-state index contributed by atoms with van der Waals surface area (Å²) in [6.45, 7) is 11.8. The van der Waals surface area contributed by atoms with E-state index >= 15 is 0 Å². The lowest BCUT2D eigenvalue weighted by Crippen LogP contribution is -2.38. The smallest absolute Gasteiger partial charge is 0.00698 e. The highest BCUT2D eigenvalue weighted by molar-refractivity contribution is 4.75. The maximum Gasteiger partial charge on any atom is 0.00698 e. The van der Waals surface area contributed by atoms with Crippen molar-refractivity contribution >= 4 is 0 Å². The molecular formula is C12H26N2. The Balaban J connectivity index is 2.26. The third kappa shape index (κ3) is 3.58. The highest BCUT2D eigenvalue weighted by Gasteiger charge is 2.18. The summed E-state index contributed by atoms with van der Waals surface area (Å²) in [5.74, 6) is 0.916. The van der Waals surface area contributed by atoms with Crippen molar-refractivity contribution in [1.82, 2.24) is 10.2 Å². The Morgan fingerprint density at radius 3 is 2.57 bits per heavy atom. The van der Waals surface area contributed by atoms with Gasteiger partial charge in [-0.2, -0.15) is 0 Å². The summed E-state index contributed by atoms with van der Waals surface area (Å²) >= 11 is 0. The second-order valence-corrected chi connectivity index (χ2v) is 4.52. The molecule has 1 heterocycles. The first-order valence-electron chi connectivity index (χ1n) is 6.22. The van der Waals surface area contributed by atoms with E-state index in [2.05, 4.69) is 31.0 Å². The first kappa shape index (κ1) is 12.0. The van der Waals surface area contributed by atoms with Gasteiger partial charge in [-0.25, -0.2) is 0 Å². The molecular weight excluding hydrogens is 172 g/mol. The molecule has 0 spiro atoms. The summed E-state index contributed by atoms with van der Waals surface area (Å²) in [6, 6.07) is 0.759. The van der Waals surface area contributed by atoms with E-state index in [0.29, 0.717) is 0 Å². The predicted molar refractivity (Wildman–Crippen MR) is 62.6 cm³/mol. The van der Waals surface area contributed by atoms with E-state index in [4.69, 9.17) is 0 Å². The first-order chi connectivity index (χ1) is 6.77. The van der Waals surface area contributed by atoms with Gasteiger partial charge >= 0.3 is 0 Å². The van der Waals surface area contributed by atoms with Crippen LogP contribution in [0.3, 0.4) is 0 Å². The monoisotopic (exact) mass is 198 g/mol. The van der Waals surface area contributed by atoms with Crippen LogP contribution in [-0.4, -0.2) is 37.1 Å². The average molecular weight is 198 g/mol. The largest absolute Gasteiger partial charge is 0.316 e. The molecule has 2 atom stereocenters. The molecule has 1 N–H and O–H groups in total. The summed E-state index contributed by atoms with van der Waals surface area (Å²) in [5, 5.41) is 3.50. The molecule has 0 saturated carbocycles. The number of rotatable bonds is 5. The lowest BCUT2D eigenvalue weighted by atomic mass is 9.92. The van der Waals surface area contributed by atoms with Gasteiger partial charge in [0, 0.05) is 6.04 Å². The third-order valence-corrected chi connectivity index (χ3v) is 3.51. The van der Waals surface area contributed by atoms with Crippen molar-refractivity contribution in [1.29, 1.82) is 0 Å². The molecule has 1 rings (SSSR count). The van der Waals surface area contributed by atoms with Crippen LogP contribution in [0.15, 0.2) is 0 Å².